The van der Waals surface area contributed by atoms with Crippen LogP contribution in [0, 0.1) is 5.82 Å². The van der Waals surface area contributed by atoms with E-state index < -0.39 is 21.6 Å². The first-order chi connectivity index (χ1) is 16.2. The van der Waals surface area contributed by atoms with Crippen LogP contribution in [0.25, 0.3) is 12.2 Å². The lowest BCUT2D eigenvalue weighted by molar-refractivity contribution is 0.324. The molecule has 0 unspecified atom stereocenters. The van der Waals surface area contributed by atoms with Crippen LogP contribution >= 0.6 is 0 Å². The van der Waals surface area contributed by atoms with Crippen LogP contribution in [-0.2, 0) is 10.0 Å². The Balaban J connectivity index is 2.07. The number of rotatable bonds is 9. The lowest BCUT2D eigenvalue weighted by Crippen LogP contribution is -2.14. The summed E-state index contributed by atoms with van der Waals surface area (Å²) in [7, 11) is 1.60. The summed E-state index contributed by atoms with van der Waals surface area (Å²) in [5.74, 6) is 0.224. The maximum absolute atomic E-state index is 13.6. The average molecular weight is 490 g/mol. The van der Waals surface area contributed by atoms with Crippen LogP contribution < -0.4 is 23.7 Å². The van der Waals surface area contributed by atoms with Crippen molar-refractivity contribution in [3.63, 3.8) is 0 Å². The average Bonchev–Trinajstić information content (AvgIpc) is 2.83. The fourth-order valence-corrected chi connectivity index (χ4v) is 4.34. The van der Waals surface area contributed by atoms with Gasteiger partial charge in [0.2, 0.25) is 5.75 Å². The third kappa shape index (κ3) is 5.18. The third-order valence-corrected chi connectivity index (χ3v) is 6.23. The number of aromatic hydroxyl groups is 1. The summed E-state index contributed by atoms with van der Waals surface area (Å²) in [5, 5.41) is 10.6. The summed E-state index contributed by atoms with van der Waals surface area (Å²) in [6.07, 6.45) is 3.26. The largest absolute Gasteiger partial charge is 0.503 e. The highest BCUT2D eigenvalue weighted by Crippen LogP contribution is 2.41. The van der Waals surface area contributed by atoms with Gasteiger partial charge in [-0.05, 0) is 48.0 Å². The maximum Gasteiger partial charge on any atom is 0.262 e. The third-order valence-electron chi connectivity index (χ3n) is 4.88. The summed E-state index contributed by atoms with van der Waals surface area (Å²) < 4.78 is 62.8. The van der Waals surface area contributed by atoms with Gasteiger partial charge in [-0.1, -0.05) is 18.2 Å². The minimum absolute atomic E-state index is 0.0573. The predicted octanol–water partition coefficient (Wildman–Crippen LogP) is 4.54. The number of ether oxygens (including phenoxy) is 4. The first-order valence-electron chi connectivity index (χ1n) is 9.90. The van der Waals surface area contributed by atoms with Gasteiger partial charge in [0.05, 0.1) is 33.3 Å². The van der Waals surface area contributed by atoms with Crippen molar-refractivity contribution in [1.82, 2.24) is 0 Å². The molecule has 10 heteroatoms. The molecule has 0 aliphatic rings. The fraction of sp³-hybridized carbons (Fsp3) is 0.167. The van der Waals surface area contributed by atoms with Crippen LogP contribution in [0.1, 0.15) is 11.1 Å². The van der Waals surface area contributed by atoms with Crippen molar-refractivity contribution in [3.8, 4) is 28.7 Å². The Bertz CT molecular complexity index is 1300. The summed E-state index contributed by atoms with van der Waals surface area (Å²) in [6.45, 7) is 0. The Labute approximate surface area is 197 Å². The molecule has 0 atom stereocenters. The molecule has 0 aliphatic heterocycles. The van der Waals surface area contributed by atoms with E-state index >= 15 is 0 Å². The van der Waals surface area contributed by atoms with Crippen molar-refractivity contribution < 1.29 is 36.9 Å². The number of methoxy groups -OCH3 is 4. The highest BCUT2D eigenvalue weighted by Gasteiger charge is 2.21. The normalized spacial score (nSPS) is 11.3. The van der Waals surface area contributed by atoms with Crippen molar-refractivity contribution in [2.75, 3.05) is 33.2 Å². The number of halogens is 1. The lowest BCUT2D eigenvalue weighted by atomic mass is 10.1. The quantitative estimate of drug-likeness (QED) is 0.336. The molecule has 34 heavy (non-hydrogen) atoms. The molecule has 2 N–H and O–H groups in total. The zero-order chi connectivity index (χ0) is 24.9. The van der Waals surface area contributed by atoms with Gasteiger partial charge < -0.3 is 24.1 Å². The molecule has 3 aromatic rings. The first kappa shape index (κ1) is 24.7. The zero-order valence-electron chi connectivity index (χ0n) is 19.0. The van der Waals surface area contributed by atoms with Gasteiger partial charge in [0.25, 0.3) is 10.0 Å². The molecule has 8 nitrogen and oxygen atoms in total. The van der Waals surface area contributed by atoms with E-state index in [1.54, 1.807) is 30.4 Å². The Hall–Kier alpha value is -3.92. The molecule has 0 bridgehead atoms. The van der Waals surface area contributed by atoms with Crippen LogP contribution in [0.5, 0.6) is 28.7 Å². The van der Waals surface area contributed by atoms with Crippen molar-refractivity contribution in [3.05, 3.63) is 65.5 Å². The molecular formula is C24H24FNO7S. The van der Waals surface area contributed by atoms with Gasteiger partial charge in [-0.15, -0.1) is 0 Å². The number of phenolic OH excluding ortho intramolecular Hbond substituents is 1. The van der Waals surface area contributed by atoms with Crippen LogP contribution in [-0.4, -0.2) is 42.0 Å². The van der Waals surface area contributed by atoms with E-state index in [2.05, 4.69) is 4.72 Å². The highest BCUT2D eigenvalue weighted by molar-refractivity contribution is 7.92. The second-order valence-corrected chi connectivity index (χ2v) is 8.62. The molecule has 0 radical (unpaired) electrons. The lowest BCUT2D eigenvalue weighted by Gasteiger charge is -2.15. The molecule has 0 saturated carbocycles. The Kier molecular flexibility index (Phi) is 7.52. The molecule has 3 rings (SSSR count). The van der Waals surface area contributed by atoms with Crippen LogP contribution in [0.3, 0.4) is 0 Å². The van der Waals surface area contributed by atoms with Crippen LogP contribution in [0.15, 0.2) is 53.4 Å². The Morgan fingerprint density at radius 1 is 0.853 bits per heavy atom. The molecule has 0 aromatic heterocycles. The number of sulfonamides is 1. The summed E-state index contributed by atoms with van der Waals surface area (Å²) in [6, 6.07) is 11.0. The van der Waals surface area contributed by atoms with Gasteiger partial charge >= 0.3 is 0 Å². The van der Waals surface area contributed by atoms with Crippen molar-refractivity contribution >= 4 is 27.9 Å². The fourth-order valence-electron chi connectivity index (χ4n) is 3.21. The molecule has 0 fully saturated rings. The predicted molar refractivity (Wildman–Crippen MR) is 127 cm³/mol. The molecule has 3 aromatic carbocycles. The van der Waals surface area contributed by atoms with Gasteiger partial charge in [-0.2, -0.15) is 0 Å². The van der Waals surface area contributed by atoms with E-state index in [1.165, 1.54) is 46.6 Å². The van der Waals surface area contributed by atoms with E-state index in [4.69, 9.17) is 18.9 Å². The monoisotopic (exact) mass is 489 g/mol. The number of hydrogen-bond acceptors (Lipinski definition) is 7. The Morgan fingerprint density at radius 3 is 2.06 bits per heavy atom. The number of nitrogens with one attached hydrogen (secondary N) is 1. The number of hydrogen-bond donors (Lipinski definition) is 2. The van der Waals surface area contributed by atoms with Crippen molar-refractivity contribution in [1.29, 1.82) is 0 Å². The molecule has 0 amide bonds. The smallest absolute Gasteiger partial charge is 0.262 e. The topological polar surface area (TPSA) is 103 Å². The van der Waals surface area contributed by atoms with E-state index in [9.17, 15) is 17.9 Å². The van der Waals surface area contributed by atoms with Crippen molar-refractivity contribution in [2.24, 2.45) is 0 Å². The standard InChI is InChI=1S/C24H24FNO7S/c1-30-19-11-10-16(9-8-15-12-20(31-2)24(33-4)21(13-15)32-3)22(23(19)27)26-34(28,29)18-7-5-6-17(25)14-18/h5-14,26-27H,1-4H3/b9-8-. The summed E-state index contributed by atoms with van der Waals surface area (Å²) >= 11 is 0. The van der Waals surface area contributed by atoms with E-state index in [1.807, 2.05) is 0 Å². The van der Waals surface area contributed by atoms with Gasteiger partial charge in [0, 0.05) is 5.56 Å². The Morgan fingerprint density at radius 2 is 1.50 bits per heavy atom. The van der Waals surface area contributed by atoms with Gasteiger partial charge in [0.1, 0.15) is 11.5 Å². The van der Waals surface area contributed by atoms with Gasteiger partial charge in [-0.3, -0.25) is 4.72 Å². The molecule has 180 valence electrons. The number of benzene rings is 3. The van der Waals surface area contributed by atoms with Gasteiger partial charge in [-0.25, -0.2) is 12.8 Å². The molecular weight excluding hydrogens is 465 g/mol. The summed E-state index contributed by atoms with van der Waals surface area (Å²) in [5.41, 5.74) is 0.850. The second kappa shape index (κ2) is 10.3. The SMILES string of the molecule is COc1ccc(/C=C\c2cc(OC)c(OC)c(OC)c2)c(NS(=O)(=O)c2cccc(F)c2)c1O. The first-order valence-corrected chi connectivity index (χ1v) is 11.4. The minimum atomic E-state index is -4.22. The summed E-state index contributed by atoms with van der Waals surface area (Å²) in [4.78, 5) is -0.297. The van der Waals surface area contributed by atoms with E-state index in [-0.39, 0.29) is 16.3 Å². The molecule has 0 heterocycles. The highest BCUT2D eigenvalue weighted by atomic mass is 32.2. The van der Waals surface area contributed by atoms with E-state index in [0.717, 1.165) is 12.1 Å². The maximum atomic E-state index is 13.6. The van der Waals surface area contributed by atoms with Gasteiger partial charge in [0.15, 0.2) is 23.0 Å². The molecule has 0 saturated heterocycles. The molecule has 0 spiro atoms. The van der Waals surface area contributed by atoms with Crippen LogP contribution in [0.2, 0.25) is 0 Å². The van der Waals surface area contributed by atoms with Crippen LogP contribution in [0.4, 0.5) is 10.1 Å². The van der Waals surface area contributed by atoms with E-state index in [0.29, 0.717) is 28.4 Å². The number of anilines is 1. The zero-order valence-corrected chi connectivity index (χ0v) is 19.8. The molecule has 0 aliphatic carbocycles. The second-order valence-electron chi connectivity index (χ2n) is 6.94. The minimum Gasteiger partial charge on any atom is -0.503 e. The van der Waals surface area contributed by atoms with Crippen molar-refractivity contribution in [2.45, 2.75) is 4.90 Å². The number of phenols is 1.